The minimum Gasteiger partial charge on any atom is -0.493 e. The fraction of sp³-hybridized carbons (Fsp3) is 0.304. The summed E-state index contributed by atoms with van der Waals surface area (Å²) in [7, 11) is 1.53. The molecule has 3 amide bonds. The highest BCUT2D eigenvalue weighted by Crippen LogP contribution is 2.31. The van der Waals surface area contributed by atoms with Crippen LogP contribution in [0.1, 0.15) is 25.0 Å². The van der Waals surface area contributed by atoms with Gasteiger partial charge in [0.15, 0.2) is 11.5 Å². The summed E-state index contributed by atoms with van der Waals surface area (Å²) in [6, 6.07) is 11.5. The van der Waals surface area contributed by atoms with Gasteiger partial charge in [0, 0.05) is 5.02 Å². The number of hydrogen-bond donors (Lipinski definition) is 2. The number of nitrogens with zero attached hydrogens (tertiary/aromatic N) is 1. The van der Waals surface area contributed by atoms with E-state index < -0.39 is 23.6 Å². The molecule has 7 nitrogen and oxygen atoms in total. The molecule has 1 saturated heterocycles. The van der Waals surface area contributed by atoms with Crippen LogP contribution in [0.5, 0.6) is 11.5 Å². The summed E-state index contributed by atoms with van der Waals surface area (Å²) < 4.78 is 11.0. The van der Waals surface area contributed by atoms with E-state index in [1.165, 1.54) is 7.11 Å². The van der Waals surface area contributed by atoms with Gasteiger partial charge in [-0.3, -0.25) is 9.69 Å². The molecule has 0 radical (unpaired) electrons. The summed E-state index contributed by atoms with van der Waals surface area (Å²) in [5.41, 5.74) is 0.330. The van der Waals surface area contributed by atoms with E-state index in [-0.39, 0.29) is 13.2 Å². The molecular formula is C23H25ClN2O5. The molecule has 1 aliphatic rings. The molecule has 2 aromatic carbocycles. The monoisotopic (exact) mass is 444 g/mol. The Morgan fingerprint density at radius 1 is 1.19 bits per heavy atom. The number of halogens is 1. The Hall–Kier alpha value is -3.03. The van der Waals surface area contributed by atoms with E-state index in [1.807, 2.05) is 31.2 Å². The number of β-amino-alcohol motifs (C(OH)–C–C–N with tert-alkyl or cyclic N) is 1. The van der Waals surface area contributed by atoms with Crippen LogP contribution in [0.15, 0.2) is 48.5 Å². The third-order valence-corrected chi connectivity index (χ3v) is 5.32. The zero-order chi connectivity index (χ0) is 22.6. The van der Waals surface area contributed by atoms with Crippen molar-refractivity contribution in [3.05, 3.63) is 64.7 Å². The van der Waals surface area contributed by atoms with Gasteiger partial charge in [-0.25, -0.2) is 4.79 Å². The van der Waals surface area contributed by atoms with Crippen LogP contribution in [0.3, 0.4) is 0 Å². The first kappa shape index (κ1) is 22.7. The molecule has 0 saturated carbocycles. The summed E-state index contributed by atoms with van der Waals surface area (Å²) in [5, 5.41) is 13.6. The fourth-order valence-electron chi connectivity index (χ4n) is 3.39. The van der Waals surface area contributed by atoms with E-state index in [1.54, 1.807) is 37.3 Å². The molecule has 164 valence electrons. The highest BCUT2D eigenvalue weighted by atomic mass is 35.5. The normalized spacial score (nSPS) is 19.6. The van der Waals surface area contributed by atoms with Gasteiger partial charge < -0.3 is 19.9 Å². The maximum atomic E-state index is 13.0. The minimum atomic E-state index is -1.23. The SMILES string of the molecule is C/C=C/c1ccc(OCC(O)CN2C(=O)NC(C)(c3ccc(Cl)cc3)C2=O)c(OC)c1. The van der Waals surface area contributed by atoms with Crippen molar-refractivity contribution in [1.82, 2.24) is 10.2 Å². The largest absolute Gasteiger partial charge is 0.493 e. The van der Waals surface area contributed by atoms with Gasteiger partial charge in [0.25, 0.3) is 5.91 Å². The van der Waals surface area contributed by atoms with E-state index in [0.717, 1.165) is 10.5 Å². The number of ether oxygens (including phenoxy) is 2. The molecule has 8 heteroatoms. The van der Waals surface area contributed by atoms with Crippen molar-refractivity contribution >= 4 is 29.6 Å². The minimum absolute atomic E-state index is 0.117. The first-order valence-electron chi connectivity index (χ1n) is 9.80. The number of aliphatic hydroxyl groups is 1. The van der Waals surface area contributed by atoms with Gasteiger partial charge in [0.2, 0.25) is 0 Å². The van der Waals surface area contributed by atoms with Crippen LogP contribution >= 0.6 is 11.6 Å². The van der Waals surface area contributed by atoms with Gasteiger partial charge in [-0.2, -0.15) is 0 Å². The van der Waals surface area contributed by atoms with Gasteiger partial charge >= 0.3 is 6.03 Å². The average molecular weight is 445 g/mol. The lowest BCUT2D eigenvalue weighted by molar-refractivity contribution is -0.132. The average Bonchev–Trinajstić information content (AvgIpc) is 2.97. The second-order valence-electron chi connectivity index (χ2n) is 7.35. The molecule has 2 unspecified atom stereocenters. The van der Waals surface area contributed by atoms with Crippen molar-refractivity contribution in [1.29, 1.82) is 0 Å². The van der Waals surface area contributed by atoms with Gasteiger partial charge in [-0.15, -0.1) is 0 Å². The summed E-state index contributed by atoms with van der Waals surface area (Å²) >= 11 is 5.92. The van der Waals surface area contributed by atoms with E-state index in [0.29, 0.717) is 22.1 Å². The fourth-order valence-corrected chi connectivity index (χ4v) is 3.52. The van der Waals surface area contributed by atoms with Crippen molar-refractivity contribution in [3.8, 4) is 11.5 Å². The van der Waals surface area contributed by atoms with Crippen LogP contribution in [0.25, 0.3) is 6.08 Å². The number of benzene rings is 2. The van der Waals surface area contributed by atoms with Crippen molar-refractivity contribution in [3.63, 3.8) is 0 Å². The summed E-state index contributed by atoms with van der Waals surface area (Å²) in [5.74, 6) is 0.526. The second kappa shape index (κ2) is 9.41. The van der Waals surface area contributed by atoms with E-state index in [2.05, 4.69) is 5.32 Å². The summed E-state index contributed by atoms with van der Waals surface area (Å²) in [4.78, 5) is 26.4. The van der Waals surface area contributed by atoms with Crippen LogP contribution in [-0.4, -0.2) is 48.3 Å². The number of allylic oxidation sites excluding steroid dienone is 1. The molecule has 1 aliphatic heterocycles. The van der Waals surface area contributed by atoms with Gasteiger partial charge in [-0.1, -0.05) is 42.0 Å². The quantitative estimate of drug-likeness (QED) is 0.607. The lowest BCUT2D eigenvalue weighted by atomic mass is 9.92. The Kier molecular flexibility index (Phi) is 6.87. The zero-order valence-corrected chi connectivity index (χ0v) is 18.3. The third kappa shape index (κ3) is 4.84. The van der Waals surface area contributed by atoms with Crippen LogP contribution in [0.2, 0.25) is 5.02 Å². The van der Waals surface area contributed by atoms with Crippen molar-refractivity contribution < 1.29 is 24.2 Å². The number of aliphatic hydroxyl groups excluding tert-OH is 1. The van der Waals surface area contributed by atoms with Crippen LogP contribution in [-0.2, 0) is 10.3 Å². The van der Waals surface area contributed by atoms with E-state index in [4.69, 9.17) is 21.1 Å². The molecule has 31 heavy (non-hydrogen) atoms. The van der Waals surface area contributed by atoms with Crippen LogP contribution < -0.4 is 14.8 Å². The van der Waals surface area contributed by atoms with Crippen molar-refractivity contribution in [2.24, 2.45) is 0 Å². The Balaban J connectivity index is 1.65. The predicted molar refractivity (Wildman–Crippen MR) is 118 cm³/mol. The number of carbonyl (C=O) groups is 2. The molecule has 1 fully saturated rings. The van der Waals surface area contributed by atoms with Gasteiger partial charge in [0.1, 0.15) is 18.2 Å². The van der Waals surface area contributed by atoms with E-state index in [9.17, 15) is 14.7 Å². The summed E-state index contributed by atoms with van der Waals surface area (Å²) in [6.07, 6.45) is 2.76. The molecule has 0 spiro atoms. The lowest BCUT2D eigenvalue weighted by Gasteiger charge is -2.23. The number of amides is 3. The summed E-state index contributed by atoms with van der Waals surface area (Å²) in [6.45, 7) is 3.22. The zero-order valence-electron chi connectivity index (χ0n) is 17.6. The molecule has 2 aromatic rings. The Morgan fingerprint density at radius 2 is 1.90 bits per heavy atom. The topological polar surface area (TPSA) is 88.1 Å². The predicted octanol–water partition coefficient (Wildman–Crippen LogP) is 3.59. The molecule has 2 atom stereocenters. The van der Waals surface area contributed by atoms with Crippen LogP contribution in [0.4, 0.5) is 4.79 Å². The highest BCUT2D eigenvalue weighted by molar-refractivity contribution is 6.30. The van der Waals surface area contributed by atoms with Crippen molar-refractivity contribution in [2.75, 3.05) is 20.3 Å². The number of nitrogens with one attached hydrogen (secondary N) is 1. The first-order valence-corrected chi connectivity index (χ1v) is 10.2. The molecule has 2 N–H and O–H groups in total. The van der Waals surface area contributed by atoms with Gasteiger partial charge in [-0.05, 0) is 49.2 Å². The lowest BCUT2D eigenvalue weighted by Crippen LogP contribution is -2.42. The van der Waals surface area contributed by atoms with Gasteiger partial charge in [0.05, 0.1) is 13.7 Å². The molecule has 0 aliphatic carbocycles. The highest BCUT2D eigenvalue weighted by Gasteiger charge is 2.49. The van der Waals surface area contributed by atoms with Crippen molar-refractivity contribution in [2.45, 2.75) is 25.5 Å². The Bertz CT molecular complexity index is 992. The molecular weight excluding hydrogens is 420 g/mol. The molecule has 1 heterocycles. The maximum absolute atomic E-state index is 13.0. The standard InChI is InChI=1S/C23H25ClN2O5/c1-4-5-15-6-11-19(20(12-15)30-3)31-14-18(27)13-26-21(28)23(2,25-22(26)29)16-7-9-17(24)10-8-16/h4-12,18,27H,13-14H2,1-3H3,(H,25,29)/b5-4+. The Labute approximate surface area is 186 Å². The number of imide groups is 1. The van der Waals surface area contributed by atoms with E-state index >= 15 is 0 Å². The molecule has 0 aromatic heterocycles. The first-order chi connectivity index (χ1) is 14.8. The number of rotatable bonds is 8. The van der Waals surface area contributed by atoms with Crippen LogP contribution in [0, 0.1) is 0 Å². The molecule has 0 bridgehead atoms. The molecule has 3 rings (SSSR count). The maximum Gasteiger partial charge on any atom is 0.325 e. The number of methoxy groups -OCH3 is 1. The Morgan fingerprint density at radius 3 is 2.55 bits per heavy atom. The second-order valence-corrected chi connectivity index (χ2v) is 7.79. The number of hydrogen-bond acceptors (Lipinski definition) is 5. The third-order valence-electron chi connectivity index (χ3n) is 5.07. The number of urea groups is 1. The number of carbonyl (C=O) groups excluding carboxylic acids is 2. The smallest absolute Gasteiger partial charge is 0.325 e.